The van der Waals surface area contributed by atoms with Gasteiger partial charge in [0.05, 0.1) is 5.69 Å². The number of rotatable bonds is 6. The van der Waals surface area contributed by atoms with Gasteiger partial charge in [-0.3, -0.25) is 9.59 Å². The normalized spacial score (nSPS) is 11.9. The Morgan fingerprint density at radius 1 is 0.969 bits per heavy atom. The first kappa shape index (κ1) is 21.8. The van der Waals surface area contributed by atoms with Crippen LogP contribution in [0.15, 0.2) is 75.6 Å². The molecule has 1 unspecified atom stereocenters. The van der Waals surface area contributed by atoms with Gasteiger partial charge in [0.25, 0.3) is 5.91 Å². The molecule has 32 heavy (non-hydrogen) atoms. The highest BCUT2D eigenvalue weighted by atomic mass is 79.9. The van der Waals surface area contributed by atoms with Gasteiger partial charge in [0.15, 0.2) is 11.9 Å². The summed E-state index contributed by atoms with van der Waals surface area (Å²) in [4.78, 5) is 26.2. The van der Waals surface area contributed by atoms with Crippen molar-refractivity contribution in [2.45, 2.75) is 26.9 Å². The standard InChI is InChI=1S/C26H22BrNO4/c1-15-7-6-10-21(16(15)2)31-17(3)26(30)28-23-20-8-4-5-9-22(20)32-25(23)24(29)18-11-13-19(27)14-12-18/h4-14,17H,1-3H3,(H,28,30). The number of halogens is 1. The molecule has 0 radical (unpaired) electrons. The second kappa shape index (κ2) is 9.01. The van der Waals surface area contributed by atoms with E-state index >= 15 is 0 Å². The summed E-state index contributed by atoms with van der Waals surface area (Å²) in [7, 11) is 0. The average Bonchev–Trinajstić information content (AvgIpc) is 3.15. The maximum absolute atomic E-state index is 13.2. The van der Waals surface area contributed by atoms with Crippen LogP contribution in [0.4, 0.5) is 5.69 Å². The molecule has 0 saturated heterocycles. The van der Waals surface area contributed by atoms with E-state index in [2.05, 4.69) is 21.2 Å². The van der Waals surface area contributed by atoms with Gasteiger partial charge < -0.3 is 14.5 Å². The smallest absolute Gasteiger partial charge is 0.265 e. The topological polar surface area (TPSA) is 68.5 Å². The van der Waals surface area contributed by atoms with E-state index in [4.69, 9.17) is 9.15 Å². The fraction of sp³-hybridized carbons (Fsp3) is 0.154. The summed E-state index contributed by atoms with van der Waals surface area (Å²) < 4.78 is 12.6. The third-order valence-corrected chi connectivity index (χ3v) is 5.91. The highest BCUT2D eigenvalue weighted by molar-refractivity contribution is 9.10. The Morgan fingerprint density at radius 3 is 2.44 bits per heavy atom. The van der Waals surface area contributed by atoms with E-state index in [1.54, 1.807) is 37.3 Å². The number of aryl methyl sites for hydroxylation is 1. The summed E-state index contributed by atoms with van der Waals surface area (Å²) in [5.41, 5.74) is 3.38. The molecule has 0 bridgehead atoms. The van der Waals surface area contributed by atoms with Crippen LogP contribution in [0.25, 0.3) is 11.0 Å². The number of hydrogen-bond donors (Lipinski definition) is 1. The van der Waals surface area contributed by atoms with E-state index in [0.717, 1.165) is 15.6 Å². The number of nitrogens with one attached hydrogen (secondary N) is 1. The molecule has 1 aromatic heterocycles. The van der Waals surface area contributed by atoms with Crippen molar-refractivity contribution in [2.75, 3.05) is 5.32 Å². The molecular formula is C26H22BrNO4. The van der Waals surface area contributed by atoms with Gasteiger partial charge in [-0.05, 0) is 74.4 Å². The second-order valence-corrected chi connectivity index (χ2v) is 8.50. The molecule has 0 saturated carbocycles. The van der Waals surface area contributed by atoms with Gasteiger partial charge >= 0.3 is 0 Å². The van der Waals surface area contributed by atoms with E-state index < -0.39 is 6.10 Å². The molecule has 0 aliphatic heterocycles. The number of ketones is 1. The molecule has 0 fully saturated rings. The Bertz CT molecular complexity index is 1310. The summed E-state index contributed by atoms with van der Waals surface area (Å²) in [6, 6.07) is 19.9. The summed E-state index contributed by atoms with van der Waals surface area (Å²) >= 11 is 3.37. The number of fused-ring (bicyclic) bond motifs is 1. The van der Waals surface area contributed by atoms with Crippen LogP contribution in [-0.4, -0.2) is 17.8 Å². The van der Waals surface area contributed by atoms with Crippen molar-refractivity contribution >= 4 is 44.3 Å². The zero-order chi connectivity index (χ0) is 22.8. The fourth-order valence-corrected chi connectivity index (χ4v) is 3.65. The van der Waals surface area contributed by atoms with Crippen molar-refractivity contribution in [3.8, 4) is 5.75 Å². The van der Waals surface area contributed by atoms with Crippen molar-refractivity contribution in [2.24, 2.45) is 0 Å². The lowest BCUT2D eigenvalue weighted by molar-refractivity contribution is -0.122. The van der Waals surface area contributed by atoms with E-state index in [9.17, 15) is 9.59 Å². The Hall–Kier alpha value is -3.38. The van der Waals surface area contributed by atoms with Crippen LogP contribution in [0.1, 0.15) is 34.2 Å². The van der Waals surface area contributed by atoms with Gasteiger partial charge in [-0.1, -0.05) is 40.2 Å². The Morgan fingerprint density at radius 2 is 1.69 bits per heavy atom. The number of anilines is 1. The number of carbonyl (C=O) groups is 2. The van der Waals surface area contributed by atoms with Crippen LogP contribution in [0.2, 0.25) is 0 Å². The van der Waals surface area contributed by atoms with Gasteiger partial charge in [-0.2, -0.15) is 0 Å². The molecule has 5 nitrogen and oxygen atoms in total. The lowest BCUT2D eigenvalue weighted by atomic mass is 10.1. The Labute approximate surface area is 194 Å². The maximum Gasteiger partial charge on any atom is 0.265 e. The molecule has 1 amide bonds. The van der Waals surface area contributed by atoms with Gasteiger partial charge in [-0.15, -0.1) is 0 Å². The first-order valence-electron chi connectivity index (χ1n) is 10.2. The quantitative estimate of drug-likeness (QED) is 0.314. The molecule has 3 aromatic carbocycles. The lowest BCUT2D eigenvalue weighted by Gasteiger charge is -2.17. The van der Waals surface area contributed by atoms with Gasteiger partial charge in [0, 0.05) is 15.4 Å². The van der Waals surface area contributed by atoms with E-state index in [1.807, 2.05) is 50.2 Å². The number of hydrogen-bond acceptors (Lipinski definition) is 4. The summed E-state index contributed by atoms with van der Waals surface area (Å²) in [6.45, 7) is 5.62. The van der Waals surface area contributed by atoms with Crippen molar-refractivity contribution in [1.82, 2.24) is 0 Å². The lowest BCUT2D eigenvalue weighted by Crippen LogP contribution is -2.30. The predicted octanol–water partition coefficient (Wildman–Crippen LogP) is 6.45. The molecule has 0 aliphatic carbocycles. The number of ether oxygens (including phenoxy) is 1. The highest BCUT2D eigenvalue weighted by Crippen LogP contribution is 2.33. The monoisotopic (exact) mass is 491 g/mol. The largest absolute Gasteiger partial charge is 0.481 e. The second-order valence-electron chi connectivity index (χ2n) is 7.59. The van der Waals surface area contributed by atoms with Crippen LogP contribution in [0.3, 0.4) is 0 Å². The SMILES string of the molecule is Cc1cccc(OC(C)C(=O)Nc2c(C(=O)c3ccc(Br)cc3)oc3ccccc23)c1C. The zero-order valence-electron chi connectivity index (χ0n) is 17.9. The summed E-state index contributed by atoms with van der Waals surface area (Å²) in [5, 5.41) is 3.51. The number of amides is 1. The van der Waals surface area contributed by atoms with Crippen molar-refractivity contribution in [3.05, 3.63) is 93.7 Å². The number of furan rings is 1. The molecule has 1 heterocycles. The fourth-order valence-electron chi connectivity index (χ4n) is 3.38. The molecule has 0 spiro atoms. The highest BCUT2D eigenvalue weighted by Gasteiger charge is 2.25. The summed E-state index contributed by atoms with van der Waals surface area (Å²) in [5.74, 6) is 0.0473. The third kappa shape index (κ3) is 4.32. The minimum atomic E-state index is -0.778. The molecule has 6 heteroatoms. The first-order valence-corrected chi connectivity index (χ1v) is 11.0. The molecule has 1 N–H and O–H groups in total. The van der Waals surface area contributed by atoms with E-state index in [-0.39, 0.29) is 17.5 Å². The third-order valence-electron chi connectivity index (χ3n) is 5.38. The molecule has 1 atom stereocenters. The first-order chi connectivity index (χ1) is 15.3. The van der Waals surface area contributed by atoms with Crippen LogP contribution in [0.5, 0.6) is 5.75 Å². The number of para-hydroxylation sites is 1. The minimum absolute atomic E-state index is 0.0841. The molecule has 4 aromatic rings. The van der Waals surface area contributed by atoms with E-state index in [0.29, 0.717) is 28.0 Å². The summed E-state index contributed by atoms with van der Waals surface area (Å²) in [6.07, 6.45) is -0.778. The Balaban J connectivity index is 1.65. The van der Waals surface area contributed by atoms with E-state index in [1.165, 1.54) is 0 Å². The zero-order valence-corrected chi connectivity index (χ0v) is 19.5. The Kier molecular flexibility index (Phi) is 6.15. The van der Waals surface area contributed by atoms with Gasteiger partial charge in [0.1, 0.15) is 11.3 Å². The van der Waals surface area contributed by atoms with Crippen LogP contribution in [-0.2, 0) is 4.79 Å². The number of benzene rings is 3. The predicted molar refractivity (Wildman–Crippen MR) is 128 cm³/mol. The maximum atomic E-state index is 13.2. The minimum Gasteiger partial charge on any atom is -0.481 e. The molecular weight excluding hydrogens is 470 g/mol. The van der Waals surface area contributed by atoms with Crippen molar-refractivity contribution in [1.29, 1.82) is 0 Å². The van der Waals surface area contributed by atoms with Crippen molar-refractivity contribution < 1.29 is 18.7 Å². The molecule has 0 aliphatic rings. The molecule has 4 rings (SSSR count). The molecule has 162 valence electrons. The average molecular weight is 492 g/mol. The van der Waals surface area contributed by atoms with Crippen LogP contribution in [0, 0.1) is 13.8 Å². The van der Waals surface area contributed by atoms with Crippen LogP contribution < -0.4 is 10.1 Å². The van der Waals surface area contributed by atoms with Crippen LogP contribution >= 0.6 is 15.9 Å². The van der Waals surface area contributed by atoms with Gasteiger partial charge in [0.2, 0.25) is 5.78 Å². The van der Waals surface area contributed by atoms with Gasteiger partial charge in [-0.25, -0.2) is 0 Å². The number of carbonyl (C=O) groups excluding carboxylic acids is 2. The van der Waals surface area contributed by atoms with Crippen molar-refractivity contribution in [3.63, 3.8) is 0 Å².